The largest absolute Gasteiger partial charge is 0.481 e. The topological polar surface area (TPSA) is 66.4 Å². The van der Waals surface area contributed by atoms with Crippen molar-refractivity contribution in [1.29, 1.82) is 0 Å². The number of anilines is 1. The van der Waals surface area contributed by atoms with Gasteiger partial charge in [0.05, 0.1) is 6.42 Å². The first-order chi connectivity index (χ1) is 10.0. The van der Waals surface area contributed by atoms with Gasteiger partial charge in [0.15, 0.2) is 0 Å². The number of carbonyl (C=O) groups is 2. The lowest BCUT2D eigenvalue weighted by atomic mass is 9.81. The van der Waals surface area contributed by atoms with Crippen LogP contribution in [0.2, 0.25) is 0 Å². The van der Waals surface area contributed by atoms with Crippen molar-refractivity contribution >= 4 is 17.6 Å². The molecule has 4 heteroatoms. The minimum Gasteiger partial charge on any atom is -0.481 e. The molecule has 1 aliphatic carbocycles. The van der Waals surface area contributed by atoms with Crippen LogP contribution in [0.4, 0.5) is 5.69 Å². The average Bonchev–Trinajstić information content (AvgIpc) is 2.40. The zero-order valence-corrected chi connectivity index (χ0v) is 12.5. The van der Waals surface area contributed by atoms with Crippen molar-refractivity contribution < 1.29 is 14.7 Å². The molecule has 21 heavy (non-hydrogen) atoms. The van der Waals surface area contributed by atoms with Crippen molar-refractivity contribution in [2.45, 2.75) is 45.4 Å². The van der Waals surface area contributed by atoms with Crippen molar-refractivity contribution in [2.24, 2.45) is 11.8 Å². The second kappa shape index (κ2) is 7.25. The van der Waals surface area contributed by atoms with Gasteiger partial charge in [0.1, 0.15) is 0 Å². The third-order valence-corrected chi connectivity index (χ3v) is 4.15. The molecule has 1 saturated carbocycles. The molecule has 1 aromatic carbocycles. The molecule has 0 heterocycles. The summed E-state index contributed by atoms with van der Waals surface area (Å²) in [4.78, 5) is 23.0. The Morgan fingerprint density at radius 1 is 1.29 bits per heavy atom. The fourth-order valence-corrected chi connectivity index (χ4v) is 3.17. The van der Waals surface area contributed by atoms with E-state index in [2.05, 4.69) is 12.2 Å². The molecule has 0 spiro atoms. The number of rotatable bonds is 5. The number of amides is 1. The summed E-state index contributed by atoms with van der Waals surface area (Å²) in [5, 5.41) is 11.8. The number of hydrogen-bond donors (Lipinski definition) is 2. The Morgan fingerprint density at radius 2 is 2.05 bits per heavy atom. The van der Waals surface area contributed by atoms with Crippen LogP contribution in [0.15, 0.2) is 24.3 Å². The molecule has 2 N–H and O–H groups in total. The molecular weight excluding hydrogens is 266 g/mol. The monoisotopic (exact) mass is 289 g/mol. The maximum atomic E-state index is 12.2. The number of benzene rings is 1. The highest BCUT2D eigenvalue weighted by molar-refractivity contribution is 5.92. The summed E-state index contributed by atoms with van der Waals surface area (Å²) in [6, 6.07) is 7.10. The number of hydrogen-bond acceptors (Lipinski definition) is 2. The third-order valence-electron chi connectivity index (χ3n) is 4.15. The quantitative estimate of drug-likeness (QED) is 0.872. The number of carbonyl (C=O) groups excluding carboxylic acids is 1. The van der Waals surface area contributed by atoms with Crippen molar-refractivity contribution in [3.8, 4) is 0 Å². The van der Waals surface area contributed by atoms with Gasteiger partial charge in [0, 0.05) is 12.1 Å². The van der Waals surface area contributed by atoms with E-state index in [-0.39, 0.29) is 12.3 Å². The second-order valence-electron chi connectivity index (χ2n) is 6.12. The van der Waals surface area contributed by atoms with Crippen molar-refractivity contribution in [3.63, 3.8) is 0 Å². The Labute approximate surface area is 125 Å². The standard InChI is InChI=1S/C17H23NO3/c1-12-5-4-6-13(9-12)10-16(19)18-15-8-3-2-7-14(15)11-17(20)21/h2-3,7-8,12-13H,4-6,9-11H2,1H3,(H,18,19)(H,20,21). The van der Waals surface area contributed by atoms with E-state index in [4.69, 9.17) is 5.11 Å². The van der Waals surface area contributed by atoms with Crippen LogP contribution in [-0.2, 0) is 16.0 Å². The van der Waals surface area contributed by atoms with Gasteiger partial charge in [-0.05, 0) is 36.3 Å². The smallest absolute Gasteiger partial charge is 0.307 e. The summed E-state index contributed by atoms with van der Waals surface area (Å²) in [6.07, 6.45) is 5.16. The number of carboxylic acids is 1. The molecule has 1 aliphatic rings. The molecule has 2 rings (SSSR count). The number of carboxylic acid groups (broad SMARTS) is 1. The SMILES string of the molecule is CC1CCCC(CC(=O)Nc2ccccc2CC(=O)O)C1. The predicted octanol–water partition coefficient (Wildman–Crippen LogP) is 3.47. The minimum absolute atomic E-state index is 0.00746. The van der Waals surface area contributed by atoms with Gasteiger partial charge in [-0.25, -0.2) is 0 Å². The second-order valence-corrected chi connectivity index (χ2v) is 6.12. The molecule has 0 aliphatic heterocycles. The van der Waals surface area contributed by atoms with E-state index in [1.807, 2.05) is 6.07 Å². The van der Waals surface area contributed by atoms with E-state index in [9.17, 15) is 9.59 Å². The Bertz CT molecular complexity index is 513. The molecule has 1 aromatic rings. The van der Waals surface area contributed by atoms with E-state index in [1.165, 1.54) is 12.8 Å². The van der Waals surface area contributed by atoms with Crippen LogP contribution in [0.25, 0.3) is 0 Å². The summed E-state index contributed by atoms with van der Waals surface area (Å²) < 4.78 is 0. The maximum absolute atomic E-state index is 12.2. The van der Waals surface area contributed by atoms with E-state index < -0.39 is 5.97 Å². The molecule has 2 atom stereocenters. The van der Waals surface area contributed by atoms with Gasteiger partial charge in [0.2, 0.25) is 5.91 Å². The molecule has 1 amide bonds. The molecule has 114 valence electrons. The number of aliphatic carboxylic acids is 1. The fraction of sp³-hybridized carbons (Fsp3) is 0.529. The maximum Gasteiger partial charge on any atom is 0.307 e. The Hall–Kier alpha value is -1.84. The first kappa shape index (κ1) is 15.5. The van der Waals surface area contributed by atoms with Gasteiger partial charge in [0.25, 0.3) is 0 Å². The number of nitrogens with one attached hydrogen (secondary N) is 1. The minimum atomic E-state index is -0.891. The van der Waals surface area contributed by atoms with Crippen molar-refractivity contribution in [3.05, 3.63) is 29.8 Å². The highest BCUT2D eigenvalue weighted by Crippen LogP contribution is 2.31. The van der Waals surface area contributed by atoms with Crippen LogP contribution in [-0.4, -0.2) is 17.0 Å². The molecule has 4 nitrogen and oxygen atoms in total. The van der Waals surface area contributed by atoms with E-state index in [1.54, 1.807) is 18.2 Å². The molecule has 0 aromatic heterocycles. The number of para-hydroxylation sites is 1. The molecule has 1 fully saturated rings. The third kappa shape index (κ3) is 4.88. The summed E-state index contributed by atoms with van der Waals surface area (Å²) in [7, 11) is 0. The zero-order chi connectivity index (χ0) is 15.2. The first-order valence-corrected chi connectivity index (χ1v) is 7.64. The molecule has 0 saturated heterocycles. The fourth-order valence-electron chi connectivity index (χ4n) is 3.17. The zero-order valence-electron chi connectivity index (χ0n) is 12.5. The highest BCUT2D eigenvalue weighted by Gasteiger charge is 2.21. The van der Waals surface area contributed by atoms with E-state index >= 15 is 0 Å². The lowest BCUT2D eigenvalue weighted by molar-refractivity contribution is -0.136. The van der Waals surface area contributed by atoms with Crippen LogP contribution in [0.5, 0.6) is 0 Å². The summed E-state index contributed by atoms with van der Waals surface area (Å²) in [5.74, 6) is 0.265. The average molecular weight is 289 g/mol. The van der Waals surface area contributed by atoms with Gasteiger partial charge in [-0.1, -0.05) is 38.0 Å². The van der Waals surface area contributed by atoms with Crippen molar-refractivity contribution in [2.75, 3.05) is 5.32 Å². The van der Waals surface area contributed by atoms with E-state index in [0.717, 1.165) is 12.8 Å². The van der Waals surface area contributed by atoms with Crippen LogP contribution < -0.4 is 5.32 Å². The Kier molecular flexibility index (Phi) is 5.37. The van der Waals surface area contributed by atoms with Gasteiger partial charge < -0.3 is 10.4 Å². The normalized spacial score (nSPS) is 21.8. The summed E-state index contributed by atoms with van der Waals surface area (Å²) in [5.41, 5.74) is 1.27. The van der Waals surface area contributed by atoms with Gasteiger partial charge in [-0.3, -0.25) is 9.59 Å². The van der Waals surface area contributed by atoms with Crippen LogP contribution in [0.3, 0.4) is 0 Å². The first-order valence-electron chi connectivity index (χ1n) is 7.64. The highest BCUT2D eigenvalue weighted by atomic mass is 16.4. The van der Waals surface area contributed by atoms with Gasteiger partial charge >= 0.3 is 5.97 Å². The van der Waals surface area contributed by atoms with Crippen molar-refractivity contribution in [1.82, 2.24) is 0 Å². The lowest BCUT2D eigenvalue weighted by Gasteiger charge is -2.26. The summed E-state index contributed by atoms with van der Waals surface area (Å²) >= 11 is 0. The molecule has 0 radical (unpaired) electrons. The van der Waals surface area contributed by atoms with Gasteiger partial charge in [-0.15, -0.1) is 0 Å². The molecular formula is C17H23NO3. The molecule has 2 unspecified atom stereocenters. The predicted molar refractivity (Wildman–Crippen MR) is 82.2 cm³/mol. The lowest BCUT2D eigenvalue weighted by Crippen LogP contribution is -2.21. The van der Waals surface area contributed by atoms with E-state index in [0.29, 0.717) is 29.5 Å². The van der Waals surface area contributed by atoms with Crippen LogP contribution in [0, 0.1) is 11.8 Å². The van der Waals surface area contributed by atoms with Crippen LogP contribution in [0.1, 0.15) is 44.6 Å². The molecule has 0 bridgehead atoms. The van der Waals surface area contributed by atoms with Crippen LogP contribution >= 0.6 is 0 Å². The summed E-state index contributed by atoms with van der Waals surface area (Å²) in [6.45, 7) is 2.24. The van der Waals surface area contributed by atoms with Gasteiger partial charge in [-0.2, -0.15) is 0 Å². The Balaban J connectivity index is 1.94. The Morgan fingerprint density at radius 3 is 2.76 bits per heavy atom.